The molecular weight excluding hydrogens is 460 g/mol. The van der Waals surface area contributed by atoms with Crippen LogP contribution >= 0.6 is 15.9 Å². The number of benzene rings is 3. The second kappa shape index (κ2) is 8.73. The van der Waals surface area contributed by atoms with Gasteiger partial charge in [0.1, 0.15) is 11.3 Å². The minimum absolute atomic E-state index is 0.383. The van der Waals surface area contributed by atoms with Crippen molar-refractivity contribution in [2.45, 2.75) is 6.54 Å². The quantitative estimate of drug-likeness (QED) is 0.373. The monoisotopic (exact) mass is 478 g/mol. The maximum atomic E-state index is 12.0. The second-order valence-corrected chi connectivity index (χ2v) is 7.75. The third-order valence-corrected chi connectivity index (χ3v) is 5.60. The first-order chi connectivity index (χ1) is 15.0. The summed E-state index contributed by atoms with van der Waals surface area (Å²) in [7, 11) is 2.72. The van der Waals surface area contributed by atoms with Crippen LogP contribution < -0.4 is 0 Å². The fourth-order valence-electron chi connectivity index (χ4n) is 3.49. The number of fused-ring (bicyclic) bond motifs is 1. The molecule has 3 aromatic carbocycles. The number of rotatable bonds is 5. The zero-order chi connectivity index (χ0) is 22.0. The highest BCUT2D eigenvalue weighted by Crippen LogP contribution is 2.30. The van der Waals surface area contributed by atoms with E-state index in [1.54, 1.807) is 24.3 Å². The molecule has 0 unspecified atom stereocenters. The SMILES string of the molecule is COC(=O)c1cccc(Cn2c(-c3cccc(C(=O)OC)c3)nc3c(Br)cccc32)c1. The number of nitrogens with zero attached hydrogens (tertiary/aromatic N) is 2. The molecule has 0 radical (unpaired) electrons. The summed E-state index contributed by atoms with van der Waals surface area (Å²) in [5, 5.41) is 0. The standard InChI is InChI=1S/C24H19BrN2O4/c1-30-23(28)17-8-3-6-15(12-17)14-27-20-11-5-10-19(25)21(20)26-22(27)16-7-4-9-18(13-16)24(29)31-2/h3-13H,14H2,1-2H3. The van der Waals surface area contributed by atoms with Gasteiger partial charge in [-0.15, -0.1) is 0 Å². The summed E-state index contributed by atoms with van der Waals surface area (Å²) in [4.78, 5) is 28.8. The van der Waals surface area contributed by atoms with E-state index in [-0.39, 0.29) is 5.97 Å². The van der Waals surface area contributed by atoms with E-state index in [1.807, 2.05) is 42.5 Å². The Morgan fingerprint density at radius 2 is 1.55 bits per heavy atom. The molecule has 0 bridgehead atoms. The maximum Gasteiger partial charge on any atom is 0.337 e. The summed E-state index contributed by atoms with van der Waals surface area (Å²) >= 11 is 3.58. The van der Waals surface area contributed by atoms with Crippen molar-refractivity contribution in [2.75, 3.05) is 14.2 Å². The molecule has 4 aromatic rings. The number of esters is 2. The van der Waals surface area contributed by atoms with Crippen LogP contribution in [0.4, 0.5) is 0 Å². The summed E-state index contributed by atoms with van der Waals surface area (Å²) in [6, 6.07) is 20.4. The van der Waals surface area contributed by atoms with Gasteiger partial charge in [-0.25, -0.2) is 14.6 Å². The number of imidazole rings is 1. The van der Waals surface area contributed by atoms with Crippen molar-refractivity contribution >= 4 is 38.9 Å². The molecule has 0 atom stereocenters. The Bertz CT molecular complexity index is 1300. The number of hydrogen-bond acceptors (Lipinski definition) is 5. The molecule has 7 heteroatoms. The Labute approximate surface area is 187 Å². The van der Waals surface area contributed by atoms with Crippen LogP contribution in [0.5, 0.6) is 0 Å². The van der Waals surface area contributed by atoms with Crippen LogP contribution in [0.15, 0.2) is 71.2 Å². The van der Waals surface area contributed by atoms with E-state index in [9.17, 15) is 9.59 Å². The number of carbonyl (C=O) groups is 2. The molecule has 1 heterocycles. The lowest BCUT2D eigenvalue weighted by Gasteiger charge is -2.11. The van der Waals surface area contributed by atoms with Gasteiger partial charge in [0.15, 0.2) is 0 Å². The predicted octanol–water partition coefficient (Wildman–Crippen LogP) is 5.09. The highest BCUT2D eigenvalue weighted by atomic mass is 79.9. The number of aromatic nitrogens is 2. The average Bonchev–Trinajstić information content (AvgIpc) is 3.18. The van der Waals surface area contributed by atoms with E-state index in [4.69, 9.17) is 14.5 Å². The van der Waals surface area contributed by atoms with Crippen LogP contribution in [0, 0.1) is 0 Å². The van der Waals surface area contributed by atoms with Crippen LogP contribution in [-0.4, -0.2) is 35.7 Å². The lowest BCUT2D eigenvalue weighted by Crippen LogP contribution is -2.06. The van der Waals surface area contributed by atoms with Crippen molar-refractivity contribution < 1.29 is 19.1 Å². The first kappa shape index (κ1) is 20.8. The Hall–Kier alpha value is -3.45. The molecule has 0 spiro atoms. The number of hydrogen-bond donors (Lipinski definition) is 0. The minimum atomic E-state index is -0.406. The molecule has 6 nitrogen and oxygen atoms in total. The van der Waals surface area contributed by atoms with Gasteiger partial charge < -0.3 is 14.0 Å². The average molecular weight is 479 g/mol. The van der Waals surface area contributed by atoms with Gasteiger partial charge in [-0.2, -0.15) is 0 Å². The number of halogens is 1. The first-order valence-electron chi connectivity index (χ1n) is 9.52. The fourth-order valence-corrected chi connectivity index (χ4v) is 3.94. The highest BCUT2D eigenvalue weighted by molar-refractivity contribution is 9.10. The lowest BCUT2D eigenvalue weighted by atomic mass is 10.1. The molecule has 0 saturated carbocycles. The Kier molecular flexibility index (Phi) is 5.86. The molecule has 0 aliphatic rings. The topological polar surface area (TPSA) is 70.4 Å². The second-order valence-electron chi connectivity index (χ2n) is 6.89. The molecule has 0 N–H and O–H groups in total. The molecule has 0 aliphatic carbocycles. The number of ether oxygens (including phenoxy) is 2. The van der Waals surface area contributed by atoms with Crippen LogP contribution in [0.25, 0.3) is 22.4 Å². The lowest BCUT2D eigenvalue weighted by molar-refractivity contribution is 0.0592. The highest BCUT2D eigenvalue weighted by Gasteiger charge is 2.17. The van der Waals surface area contributed by atoms with Crippen molar-refractivity contribution in [3.63, 3.8) is 0 Å². The van der Waals surface area contributed by atoms with Crippen LogP contribution in [-0.2, 0) is 16.0 Å². The van der Waals surface area contributed by atoms with Gasteiger partial charge in [-0.3, -0.25) is 0 Å². The van der Waals surface area contributed by atoms with Crippen LogP contribution in [0.2, 0.25) is 0 Å². The van der Waals surface area contributed by atoms with Gasteiger partial charge in [0.05, 0.1) is 30.9 Å². The van der Waals surface area contributed by atoms with Crippen molar-refractivity contribution in [1.29, 1.82) is 0 Å². The zero-order valence-electron chi connectivity index (χ0n) is 17.0. The van der Waals surface area contributed by atoms with Gasteiger partial charge in [-0.1, -0.05) is 30.3 Å². The van der Waals surface area contributed by atoms with E-state index in [1.165, 1.54) is 14.2 Å². The van der Waals surface area contributed by atoms with Crippen molar-refractivity contribution in [3.8, 4) is 11.4 Å². The molecule has 156 valence electrons. The fraction of sp³-hybridized carbons (Fsp3) is 0.125. The maximum absolute atomic E-state index is 12.0. The van der Waals surface area contributed by atoms with Gasteiger partial charge in [0, 0.05) is 16.6 Å². The molecule has 4 rings (SSSR count). The third kappa shape index (κ3) is 4.09. The Morgan fingerprint density at radius 1 is 0.903 bits per heavy atom. The van der Waals surface area contributed by atoms with E-state index in [2.05, 4.69) is 20.5 Å². The van der Waals surface area contributed by atoms with E-state index >= 15 is 0 Å². The van der Waals surface area contributed by atoms with E-state index in [0.29, 0.717) is 23.5 Å². The van der Waals surface area contributed by atoms with Gasteiger partial charge in [0.25, 0.3) is 0 Å². The number of carbonyl (C=O) groups excluding carboxylic acids is 2. The molecular formula is C24H19BrN2O4. The smallest absolute Gasteiger partial charge is 0.337 e. The molecule has 31 heavy (non-hydrogen) atoms. The van der Waals surface area contributed by atoms with E-state index < -0.39 is 5.97 Å². The first-order valence-corrected chi connectivity index (χ1v) is 10.3. The summed E-state index contributed by atoms with van der Waals surface area (Å²) < 4.78 is 12.6. The summed E-state index contributed by atoms with van der Waals surface area (Å²) in [5.41, 5.74) is 4.38. The minimum Gasteiger partial charge on any atom is -0.465 e. The van der Waals surface area contributed by atoms with Crippen LogP contribution in [0.1, 0.15) is 26.3 Å². The predicted molar refractivity (Wildman–Crippen MR) is 121 cm³/mol. The molecule has 0 amide bonds. The third-order valence-electron chi connectivity index (χ3n) is 4.96. The normalized spacial score (nSPS) is 10.8. The largest absolute Gasteiger partial charge is 0.465 e. The van der Waals surface area contributed by atoms with Crippen molar-refractivity contribution in [3.05, 3.63) is 87.9 Å². The van der Waals surface area contributed by atoms with Crippen molar-refractivity contribution in [2.24, 2.45) is 0 Å². The van der Waals surface area contributed by atoms with E-state index in [0.717, 1.165) is 26.6 Å². The number of para-hydroxylation sites is 1. The zero-order valence-corrected chi connectivity index (χ0v) is 18.5. The van der Waals surface area contributed by atoms with Gasteiger partial charge >= 0.3 is 11.9 Å². The molecule has 0 saturated heterocycles. The van der Waals surface area contributed by atoms with Gasteiger partial charge in [0.2, 0.25) is 0 Å². The Balaban J connectivity index is 1.86. The summed E-state index contributed by atoms with van der Waals surface area (Å²) in [6.45, 7) is 0.482. The van der Waals surface area contributed by atoms with Crippen molar-refractivity contribution in [1.82, 2.24) is 9.55 Å². The Morgan fingerprint density at radius 3 is 2.26 bits per heavy atom. The molecule has 1 aromatic heterocycles. The van der Waals surface area contributed by atoms with Crippen LogP contribution in [0.3, 0.4) is 0 Å². The molecule has 0 fully saturated rings. The summed E-state index contributed by atoms with van der Waals surface area (Å²) in [6.07, 6.45) is 0. The summed E-state index contributed by atoms with van der Waals surface area (Å²) in [5.74, 6) is -0.0846. The van der Waals surface area contributed by atoms with Gasteiger partial charge in [-0.05, 0) is 57.9 Å². The number of methoxy groups -OCH3 is 2. The molecule has 0 aliphatic heterocycles.